The number of urea groups is 1. The molecule has 3 heterocycles. The number of fused-ring (bicyclic) bond motifs is 2. The molecule has 2 fully saturated rings. The number of hydrogen-bond acceptors (Lipinski definition) is 8. The molecule has 3 amide bonds. The molecule has 0 aliphatic carbocycles. The van der Waals surface area contributed by atoms with E-state index < -0.39 is 45.9 Å². The molecule has 0 radical (unpaired) electrons. The molecular formula is C15H22N4O8S. The first-order valence-electron chi connectivity index (χ1n) is 8.47. The summed E-state index contributed by atoms with van der Waals surface area (Å²) in [7, 11) is -4.88. The number of carbonyl (C=O) groups excluding carboxylic acids is 2. The van der Waals surface area contributed by atoms with E-state index in [0.29, 0.717) is 10.8 Å². The fraction of sp³-hybridized carbons (Fsp3) is 0.600. The van der Waals surface area contributed by atoms with Crippen LogP contribution in [0.1, 0.15) is 32.1 Å². The monoisotopic (exact) mass is 418 g/mol. The SMILES string of the molecule is CC1(C)CC(C(=O)NOCC(N)c2ccco2)N2CC1N(OS(=O)(=O)O)C2=O. The molecule has 3 atom stereocenters. The average molecular weight is 418 g/mol. The molecule has 13 heteroatoms. The van der Waals surface area contributed by atoms with E-state index in [-0.39, 0.29) is 19.6 Å². The van der Waals surface area contributed by atoms with Crippen LogP contribution in [0.25, 0.3) is 0 Å². The second-order valence-electron chi connectivity index (χ2n) is 7.39. The van der Waals surface area contributed by atoms with E-state index in [2.05, 4.69) is 9.76 Å². The van der Waals surface area contributed by atoms with Crippen LogP contribution in [0.3, 0.4) is 0 Å². The van der Waals surface area contributed by atoms with Gasteiger partial charge in [-0.1, -0.05) is 13.8 Å². The summed E-state index contributed by atoms with van der Waals surface area (Å²) >= 11 is 0. The fourth-order valence-corrected chi connectivity index (χ4v) is 3.81. The summed E-state index contributed by atoms with van der Waals surface area (Å²) in [5.41, 5.74) is 7.47. The quantitative estimate of drug-likeness (QED) is 0.407. The number of furan rings is 1. The fourth-order valence-electron chi connectivity index (χ4n) is 3.44. The highest BCUT2D eigenvalue weighted by Gasteiger charge is 2.56. The molecule has 3 rings (SSSR count). The van der Waals surface area contributed by atoms with Gasteiger partial charge < -0.3 is 15.1 Å². The first-order valence-corrected chi connectivity index (χ1v) is 9.83. The van der Waals surface area contributed by atoms with E-state index in [4.69, 9.17) is 19.5 Å². The summed E-state index contributed by atoms with van der Waals surface area (Å²) in [5.74, 6) is -0.0937. The molecule has 0 saturated carbocycles. The van der Waals surface area contributed by atoms with E-state index in [0.717, 1.165) is 0 Å². The topological polar surface area (TPSA) is 165 Å². The summed E-state index contributed by atoms with van der Waals surface area (Å²) in [6, 6.07) is 0.364. The van der Waals surface area contributed by atoms with Gasteiger partial charge >= 0.3 is 16.4 Å². The van der Waals surface area contributed by atoms with Gasteiger partial charge in [0.1, 0.15) is 11.8 Å². The summed E-state index contributed by atoms with van der Waals surface area (Å²) in [5, 5.41) is 0.594. The van der Waals surface area contributed by atoms with Crippen LogP contribution in [0.4, 0.5) is 4.79 Å². The maximum atomic E-state index is 12.6. The highest BCUT2D eigenvalue weighted by molar-refractivity contribution is 7.80. The molecule has 0 spiro atoms. The van der Waals surface area contributed by atoms with Crippen LogP contribution in [0.5, 0.6) is 0 Å². The smallest absolute Gasteiger partial charge is 0.418 e. The van der Waals surface area contributed by atoms with Crippen LogP contribution in [0.15, 0.2) is 22.8 Å². The van der Waals surface area contributed by atoms with E-state index >= 15 is 0 Å². The largest absolute Gasteiger partial charge is 0.468 e. The van der Waals surface area contributed by atoms with Gasteiger partial charge in [0.2, 0.25) is 0 Å². The Kier molecular flexibility index (Phi) is 5.38. The van der Waals surface area contributed by atoms with Gasteiger partial charge in [0, 0.05) is 6.54 Å². The molecule has 28 heavy (non-hydrogen) atoms. The third-order valence-corrected chi connectivity index (χ3v) is 5.26. The van der Waals surface area contributed by atoms with Gasteiger partial charge in [-0.2, -0.15) is 13.5 Å². The Morgan fingerprint density at radius 1 is 1.54 bits per heavy atom. The molecule has 0 aromatic carbocycles. The van der Waals surface area contributed by atoms with Crippen molar-refractivity contribution in [3.8, 4) is 0 Å². The van der Waals surface area contributed by atoms with Crippen molar-refractivity contribution < 1.29 is 36.1 Å². The lowest BCUT2D eigenvalue weighted by atomic mass is 9.76. The molecule has 1 aromatic heterocycles. The van der Waals surface area contributed by atoms with Gasteiger partial charge in [-0.3, -0.25) is 14.2 Å². The number of piperidine rings is 1. The Balaban J connectivity index is 1.64. The van der Waals surface area contributed by atoms with Gasteiger partial charge in [0.15, 0.2) is 0 Å². The number of amides is 3. The van der Waals surface area contributed by atoms with Gasteiger partial charge in [-0.15, -0.1) is 4.28 Å². The highest BCUT2D eigenvalue weighted by atomic mass is 32.3. The van der Waals surface area contributed by atoms with Crippen molar-refractivity contribution in [1.82, 2.24) is 15.4 Å². The van der Waals surface area contributed by atoms with Crippen molar-refractivity contribution in [3.05, 3.63) is 24.2 Å². The zero-order valence-electron chi connectivity index (χ0n) is 15.3. The number of nitrogens with one attached hydrogen (secondary N) is 1. The van der Waals surface area contributed by atoms with Crippen molar-refractivity contribution in [1.29, 1.82) is 0 Å². The Labute approximate surface area is 161 Å². The molecule has 12 nitrogen and oxygen atoms in total. The minimum absolute atomic E-state index is 0.0517. The third-order valence-electron chi connectivity index (χ3n) is 4.91. The van der Waals surface area contributed by atoms with Gasteiger partial charge in [0.25, 0.3) is 5.91 Å². The van der Waals surface area contributed by atoms with E-state index in [1.54, 1.807) is 26.0 Å². The predicted octanol–water partition coefficient (Wildman–Crippen LogP) is -0.0337. The zero-order valence-corrected chi connectivity index (χ0v) is 16.1. The van der Waals surface area contributed by atoms with Crippen LogP contribution in [0.2, 0.25) is 0 Å². The second kappa shape index (κ2) is 7.33. The van der Waals surface area contributed by atoms with Crippen LogP contribution in [0, 0.1) is 5.41 Å². The summed E-state index contributed by atoms with van der Waals surface area (Å²) in [6.07, 6.45) is 1.70. The number of rotatable bonds is 7. The van der Waals surface area contributed by atoms with E-state index in [1.165, 1.54) is 11.2 Å². The molecule has 3 unspecified atom stereocenters. The first kappa shape index (κ1) is 20.5. The average Bonchev–Trinajstić information content (AvgIpc) is 3.20. The van der Waals surface area contributed by atoms with Crippen molar-refractivity contribution in [2.24, 2.45) is 11.1 Å². The number of carbonyl (C=O) groups is 2. The third kappa shape index (κ3) is 4.12. The Morgan fingerprint density at radius 2 is 2.25 bits per heavy atom. The van der Waals surface area contributed by atoms with Crippen molar-refractivity contribution in [3.63, 3.8) is 0 Å². The predicted molar refractivity (Wildman–Crippen MR) is 92.3 cm³/mol. The number of nitrogens with zero attached hydrogens (tertiary/aromatic N) is 2. The zero-order chi connectivity index (χ0) is 20.7. The lowest BCUT2D eigenvalue weighted by molar-refractivity contribution is -0.141. The molecule has 4 N–H and O–H groups in total. The maximum Gasteiger partial charge on any atom is 0.418 e. The summed E-state index contributed by atoms with van der Waals surface area (Å²) in [4.78, 5) is 31.4. The van der Waals surface area contributed by atoms with Crippen LogP contribution in [-0.4, -0.2) is 60.1 Å². The van der Waals surface area contributed by atoms with Crippen molar-refractivity contribution >= 4 is 22.3 Å². The molecule has 2 aliphatic heterocycles. The minimum atomic E-state index is -4.88. The normalized spacial score (nSPS) is 25.1. The van der Waals surface area contributed by atoms with Crippen LogP contribution < -0.4 is 11.2 Å². The maximum absolute atomic E-state index is 12.6. The van der Waals surface area contributed by atoms with Gasteiger partial charge in [-0.25, -0.2) is 10.3 Å². The first-order chi connectivity index (χ1) is 13.0. The molecule has 2 aliphatic rings. The number of hydrogen-bond donors (Lipinski definition) is 3. The lowest BCUT2D eigenvalue weighted by Crippen LogP contribution is -2.54. The number of nitrogens with two attached hydrogens (primary N) is 1. The molecule has 2 saturated heterocycles. The molecule has 156 valence electrons. The van der Waals surface area contributed by atoms with Gasteiger partial charge in [-0.05, 0) is 24.0 Å². The van der Waals surface area contributed by atoms with Crippen molar-refractivity contribution in [2.75, 3.05) is 13.2 Å². The Bertz CT molecular complexity index is 840. The Hall–Kier alpha value is -2.19. The Morgan fingerprint density at radius 3 is 2.86 bits per heavy atom. The van der Waals surface area contributed by atoms with Crippen molar-refractivity contribution in [2.45, 2.75) is 38.4 Å². The second-order valence-corrected chi connectivity index (χ2v) is 8.39. The van der Waals surface area contributed by atoms with Gasteiger partial charge in [0.05, 0.1) is 25.0 Å². The molecule has 2 bridgehead atoms. The minimum Gasteiger partial charge on any atom is -0.468 e. The van der Waals surface area contributed by atoms with E-state index in [1.807, 2.05) is 0 Å². The van der Waals surface area contributed by atoms with E-state index in [9.17, 15) is 18.0 Å². The van der Waals surface area contributed by atoms with Crippen LogP contribution >= 0.6 is 0 Å². The van der Waals surface area contributed by atoms with Crippen LogP contribution in [-0.2, 0) is 24.3 Å². The summed E-state index contributed by atoms with van der Waals surface area (Å²) < 4.78 is 40.6. The number of hydroxylamine groups is 3. The highest BCUT2D eigenvalue weighted by Crippen LogP contribution is 2.42. The molecular weight excluding hydrogens is 396 g/mol. The molecule has 1 aromatic rings. The summed E-state index contributed by atoms with van der Waals surface area (Å²) in [6.45, 7) is 3.54. The standard InChI is InChI=1S/C15H22N4O8S/c1-15(2)6-10(13(20)17-26-8-9(16)11-4-3-5-25-11)18-7-12(15)19(14(18)21)27-28(22,23)24/h3-5,9-10,12H,6-8,16H2,1-2H3,(H,17,20)(H,22,23,24). The lowest BCUT2D eigenvalue weighted by Gasteiger charge is -2.40.